The molecule has 0 unspecified atom stereocenters. The van der Waals surface area contributed by atoms with Crippen LogP contribution in [0.3, 0.4) is 0 Å². The van der Waals surface area contributed by atoms with Crippen LogP contribution in [-0.4, -0.2) is 23.4 Å². The highest BCUT2D eigenvalue weighted by molar-refractivity contribution is 5.43. The number of rotatable bonds is 3. The third kappa shape index (κ3) is 3.13. The van der Waals surface area contributed by atoms with E-state index < -0.39 is 0 Å². The summed E-state index contributed by atoms with van der Waals surface area (Å²) in [4.78, 5) is 0. The van der Waals surface area contributed by atoms with Crippen molar-refractivity contribution in [1.29, 1.82) is 0 Å². The molecule has 0 amide bonds. The Hall–Kier alpha value is -1.22. The van der Waals surface area contributed by atoms with Crippen LogP contribution in [0.5, 0.6) is 11.5 Å². The molecule has 0 saturated carbocycles. The fourth-order valence-corrected chi connectivity index (χ4v) is 1.39. The molecule has 1 rings (SSSR count). The second-order valence-electron chi connectivity index (χ2n) is 4.50. The number of hydrogen-bond donors (Lipinski definition) is 2. The van der Waals surface area contributed by atoms with Gasteiger partial charge in [0.1, 0.15) is 18.1 Å². The Morgan fingerprint density at radius 3 is 2.47 bits per heavy atom. The Kier molecular flexibility index (Phi) is 3.58. The summed E-state index contributed by atoms with van der Waals surface area (Å²) >= 11 is 0. The van der Waals surface area contributed by atoms with Crippen LogP contribution < -0.4 is 4.74 Å². The second kappa shape index (κ2) is 4.53. The summed E-state index contributed by atoms with van der Waals surface area (Å²) < 4.78 is 5.41. The highest BCUT2D eigenvalue weighted by Crippen LogP contribution is 2.33. The zero-order valence-electron chi connectivity index (χ0n) is 9.45. The van der Waals surface area contributed by atoms with Crippen LogP contribution in [0.15, 0.2) is 18.2 Å². The summed E-state index contributed by atoms with van der Waals surface area (Å²) in [5.74, 6) is 0.950. The second-order valence-corrected chi connectivity index (χ2v) is 4.50. The van der Waals surface area contributed by atoms with Gasteiger partial charge in [-0.1, -0.05) is 20.8 Å². The van der Waals surface area contributed by atoms with Crippen molar-refractivity contribution >= 4 is 0 Å². The van der Waals surface area contributed by atoms with E-state index in [-0.39, 0.29) is 24.4 Å². The Bertz CT molecular complexity index is 326. The van der Waals surface area contributed by atoms with E-state index in [0.29, 0.717) is 5.75 Å². The highest BCUT2D eigenvalue weighted by atomic mass is 16.5. The van der Waals surface area contributed by atoms with E-state index in [1.165, 1.54) is 0 Å². The topological polar surface area (TPSA) is 49.7 Å². The number of aromatic hydroxyl groups is 1. The smallest absolute Gasteiger partial charge is 0.123 e. The van der Waals surface area contributed by atoms with Crippen LogP contribution in [0.2, 0.25) is 0 Å². The van der Waals surface area contributed by atoms with Crippen LogP contribution in [0.1, 0.15) is 26.3 Å². The van der Waals surface area contributed by atoms with Gasteiger partial charge in [-0.05, 0) is 23.6 Å². The Morgan fingerprint density at radius 2 is 1.93 bits per heavy atom. The van der Waals surface area contributed by atoms with E-state index in [9.17, 15) is 5.11 Å². The first-order valence-corrected chi connectivity index (χ1v) is 5.02. The summed E-state index contributed by atoms with van der Waals surface area (Å²) in [6.45, 7) is 6.41. The first-order valence-electron chi connectivity index (χ1n) is 5.02. The molecule has 3 heteroatoms. The number of benzene rings is 1. The summed E-state index contributed by atoms with van der Waals surface area (Å²) in [6, 6.07) is 5.01. The zero-order valence-corrected chi connectivity index (χ0v) is 9.45. The SMILES string of the molecule is CC(C)(C)c1cc(O)ccc1OCCO. The minimum atomic E-state index is -0.0937. The van der Waals surface area contributed by atoms with Crippen LogP contribution >= 0.6 is 0 Å². The molecule has 0 aromatic heterocycles. The van der Waals surface area contributed by atoms with Crippen molar-refractivity contribution in [2.45, 2.75) is 26.2 Å². The van der Waals surface area contributed by atoms with E-state index in [0.717, 1.165) is 5.56 Å². The lowest BCUT2D eigenvalue weighted by Gasteiger charge is -2.22. The molecular weight excluding hydrogens is 192 g/mol. The normalized spacial score (nSPS) is 11.5. The minimum Gasteiger partial charge on any atom is -0.508 e. The van der Waals surface area contributed by atoms with Crippen molar-refractivity contribution in [3.63, 3.8) is 0 Å². The molecule has 2 N–H and O–H groups in total. The summed E-state index contributed by atoms with van der Waals surface area (Å²) in [7, 11) is 0. The standard InChI is InChI=1S/C12H18O3/c1-12(2,3)10-8-9(14)4-5-11(10)15-7-6-13/h4-5,8,13-14H,6-7H2,1-3H3. The number of aliphatic hydroxyl groups excluding tert-OH is 1. The van der Waals surface area contributed by atoms with E-state index in [2.05, 4.69) is 0 Å². The predicted octanol–water partition coefficient (Wildman–Crippen LogP) is 2.06. The van der Waals surface area contributed by atoms with Gasteiger partial charge < -0.3 is 14.9 Å². The Morgan fingerprint density at radius 1 is 1.27 bits per heavy atom. The highest BCUT2D eigenvalue weighted by Gasteiger charge is 2.19. The first-order chi connectivity index (χ1) is 6.95. The van der Waals surface area contributed by atoms with Crippen molar-refractivity contribution in [2.24, 2.45) is 0 Å². The van der Waals surface area contributed by atoms with Crippen molar-refractivity contribution in [2.75, 3.05) is 13.2 Å². The number of phenols is 1. The third-order valence-electron chi connectivity index (χ3n) is 2.12. The molecular formula is C12H18O3. The zero-order chi connectivity index (χ0) is 11.5. The quantitative estimate of drug-likeness (QED) is 0.802. The van der Waals surface area contributed by atoms with Crippen LogP contribution in [0, 0.1) is 0 Å². The van der Waals surface area contributed by atoms with Crippen LogP contribution in [0.4, 0.5) is 0 Å². The summed E-state index contributed by atoms with van der Waals surface area (Å²) in [5, 5.41) is 18.1. The van der Waals surface area contributed by atoms with Crippen molar-refractivity contribution in [3.8, 4) is 11.5 Å². The molecule has 0 bridgehead atoms. The van der Waals surface area contributed by atoms with Crippen LogP contribution in [0.25, 0.3) is 0 Å². The van der Waals surface area contributed by atoms with Gasteiger partial charge >= 0.3 is 0 Å². The average molecular weight is 210 g/mol. The molecule has 1 aromatic carbocycles. The molecule has 0 atom stereocenters. The average Bonchev–Trinajstić information content (AvgIpc) is 2.14. The lowest BCUT2D eigenvalue weighted by Crippen LogP contribution is -2.14. The van der Waals surface area contributed by atoms with Crippen molar-refractivity contribution in [3.05, 3.63) is 23.8 Å². The molecule has 1 aromatic rings. The summed E-state index contributed by atoms with van der Waals surface area (Å²) in [5.41, 5.74) is 0.847. The molecule has 0 fully saturated rings. The molecule has 0 radical (unpaired) electrons. The number of hydrogen-bond acceptors (Lipinski definition) is 3. The molecule has 0 aliphatic heterocycles. The minimum absolute atomic E-state index is 0.00946. The van der Waals surface area contributed by atoms with Gasteiger partial charge in [0.15, 0.2) is 0 Å². The van der Waals surface area contributed by atoms with Gasteiger partial charge in [-0.25, -0.2) is 0 Å². The van der Waals surface area contributed by atoms with Gasteiger partial charge in [-0.2, -0.15) is 0 Å². The predicted molar refractivity (Wildman–Crippen MR) is 59.4 cm³/mol. The molecule has 3 nitrogen and oxygen atoms in total. The molecule has 84 valence electrons. The van der Waals surface area contributed by atoms with Crippen LogP contribution in [-0.2, 0) is 5.41 Å². The van der Waals surface area contributed by atoms with Gasteiger partial charge in [-0.15, -0.1) is 0 Å². The maximum atomic E-state index is 9.42. The molecule has 0 spiro atoms. The van der Waals surface area contributed by atoms with Gasteiger partial charge in [0.25, 0.3) is 0 Å². The fourth-order valence-electron chi connectivity index (χ4n) is 1.39. The van der Waals surface area contributed by atoms with E-state index >= 15 is 0 Å². The van der Waals surface area contributed by atoms with Gasteiger partial charge in [0, 0.05) is 5.56 Å². The summed E-state index contributed by atoms with van der Waals surface area (Å²) in [6.07, 6.45) is 0. The van der Waals surface area contributed by atoms with Gasteiger partial charge in [-0.3, -0.25) is 0 Å². The molecule has 0 saturated heterocycles. The van der Waals surface area contributed by atoms with Gasteiger partial charge in [0.2, 0.25) is 0 Å². The maximum absolute atomic E-state index is 9.42. The molecule has 0 aliphatic carbocycles. The van der Waals surface area contributed by atoms with E-state index in [1.54, 1.807) is 18.2 Å². The van der Waals surface area contributed by atoms with E-state index in [4.69, 9.17) is 9.84 Å². The monoisotopic (exact) mass is 210 g/mol. The van der Waals surface area contributed by atoms with Crippen molar-refractivity contribution in [1.82, 2.24) is 0 Å². The lowest BCUT2D eigenvalue weighted by atomic mass is 9.86. The molecule has 0 aliphatic rings. The molecule has 0 heterocycles. The Labute approximate surface area is 90.3 Å². The third-order valence-corrected chi connectivity index (χ3v) is 2.12. The van der Waals surface area contributed by atoms with Gasteiger partial charge in [0.05, 0.1) is 6.61 Å². The number of phenolic OH excluding ortho intramolecular Hbond substituents is 1. The maximum Gasteiger partial charge on any atom is 0.123 e. The number of ether oxygens (including phenoxy) is 1. The fraction of sp³-hybridized carbons (Fsp3) is 0.500. The largest absolute Gasteiger partial charge is 0.508 e. The lowest BCUT2D eigenvalue weighted by molar-refractivity contribution is 0.198. The first kappa shape index (κ1) is 11.9. The Balaban J connectivity index is 3.04. The van der Waals surface area contributed by atoms with Crippen molar-refractivity contribution < 1.29 is 14.9 Å². The molecule has 15 heavy (non-hydrogen) atoms. The number of aliphatic hydroxyl groups is 1. The van der Waals surface area contributed by atoms with E-state index in [1.807, 2.05) is 20.8 Å².